The number of amides is 2. The summed E-state index contributed by atoms with van der Waals surface area (Å²) in [7, 11) is 0. The van der Waals surface area contributed by atoms with Gasteiger partial charge in [-0.15, -0.1) is 10.2 Å². The summed E-state index contributed by atoms with van der Waals surface area (Å²) in [6.07, 6.45) is 3.05. The summed E-state index contributed by atoms with van der Waals surface area (Å²) in [6.45, 7) is 4.61. The lowest BCUT2D eigenvalue weighted by molar-refractivity contribution is -0.384. The van der Waals surface area contributed by atoms with Gasteiger partial charge in [0.1, 0.15) is 5.01 Å². The highest BCUT2D eigenvalue weighted by Crippen LogP contribution is 2.21. The van der Waals surface area contributed by atoms with E-state index >= 15 is 0 Å². The van der Waals surface area contributed by atoms with E-state index in [1.807, 2.05) is 0 Å². The second kappa shape index (κ2) is 8.76. The van der Waals surface area contributed by atoms with Crippen molar-refractivity contribution in [2.45, 2.75) is 26.2 Å². The normalized spacial score (nSPS) is 14.3. The predicted octanol–water partition coefficient (Wildman–Crippen LogP) is 3.14. The van der Waals surface area contributed by atoms with Crippen molar-refractivity contribution < 1.29 is 9.72 Å². The lowest BCUT2D eigenvalue weighted by atomic mass is 10.2. The van der Waals surface area contributed by atoms with Crippen LogP contribution in [-0.4, -0.2) is 52.2 Å². The van der Waals surface area contributed by atoms with Crippen LogP contribution in [0.3, 0.4) is 0 Å². The van der Waals surface area contributed by atoms with E-state index in [2.05, 4.69) is 27.3 Å². The van der Waals surface area contributed by atoms with Gasteiger partial charge in [-0.25, -0.2) is 4.79 Å². The minimum Gasteiger partial charge on any atom is -0.368 e. The summed E-state index contributed by atoms with van der Waals surface area (Å²) >= 11 is 1.42. The molecule has 9 nitrogen and oxygen atoms in total. The number of benzene rings is 1. The Bertz CT molecular complexity index is 786. The zero-order valence-corrected chi connectivity index (χ0v) is 15.9. The number of carbonyl (C=O) groups excluding carboxylic acids is 1. The van der Waals surface area contributed by atoms with Crippen molar-refractivity contribution in [3.05, 3.63) is 39.4 Å². The summed E-state index contributed by atoms with van der Waals surface area (Å²) in [5, 5.41) is 23.2. The summed E-state index contributed by atoms with van der Waals surface area (Å²) < 4.78 is 0. The second-order valence-corrected chi connectivity index (χ2v) is 7.34. The molecule has 0 bridgehead atoms. The molecular weight excluding hydrogens is 368 g/mol. The number of unbranched alkanes of at least 4 members (excludes halogenated alkanes) is 1. The predicted molar refractivity (Wildman–Crippen MR) is 104 cm³/mol. The maximum Gasteiger partial charge on any atom is 0.323 e. The van der Waals surface area contributed by atoms with Gasteiger partial charge < -0.3 is 9.80 Å². The smallest absolute Gasteiger partial charge is 0.323 e. The highest BCUT2D eigenvalue weighted by atomic mass is 32.1. The molecule has 0 spiro atoms. The van der Waals surface area contributed by atoms with Crippen LogP contribution in [0.5, 0.6) is 0 Å². The van der Waals surface area contributed by atoms with Crippen LogP contribution >= 0.6 is 11.3 Å². The Kier molecular flexibility index (Phi) is 6.17. The summed E-state index contributed by atoms with van der Waals surface area (Å²) in [5.41, 5.74) is 0.998. The van der Waals surface area contributed by atoms with Crippen LogP contribution in [-0.2, 0) is 6.42 Å². The van der Waals surface area contributed by atoms with Crippen molar-refractivity contribution in [3.63, 3.8) is 0 Å². The second-order valence-electron chi connectivity index (χ2n) is 6.28. The van der Waals surface area contributed by atoms with Crippen molar-refractivity contribution in [1.82, 2.24) is 15.1 Å². The molecule has 1 aliphatic rings. The number of anilines is 2. The number of hydrogen-bond donors (Lipinski definition) is 1. The molecule has 2 amide bonds. The van der Waals surface area contributed by atoms with E-state index < -0.39 is 4.92 Å². The van der Waals surface area contributed by atoms with Gasteiger partial charge in [0.15, 0.2) is 0 Å². The van der Waals surface area contributed by atoms with Crippen LogP contribution in [0, 0.1) is 10.1 Å². The van der Waals surface area contributed by atoms with Crippen molar-refractivity contribution in [2.75, 3.05) is 36.4 Å². The van der Waals surface area contributed by atoms with Crippen LogP contribution in [0.2, 0.25) is 0 Å². The van der Waals surface area contributed by atoms with E-state index in [4.69, 9.17) is 0 Å². The minimum atomic E-state index is -0.410. The third kappa shape index (κ3) is 4.91. The van der Waals surface area contributed by atoms with Gasteiger partial charge in [-0.3, -0.25) is 15.4 Å². The average molecular weight is 390 g/mol. The molecule has 0 radical (unpaired) electrons. The van der Waals surface area contributed by atoms with Crippen LogP contribution in [0.1, 0.15) is 24.8 Å². The van der Waals surface area contributed by atoms with E-state index in [-0.39, 0.29) is 11.7 Å². The first kappa shape index (κ1) is 19.0. The third-order valence-electron chi connectivity index (χ3n) is 4.42. The molecule has 1 aliphatic heterocycles. The molecule has 0 saturated carbocycles. The largest absolute Gasteiger partial charge is 0.368 e. The highest BCUT2D eigenvalue weighted by Gasteiger charge is 2.22. The number of carbonyl (C=O) groups is 1. The van der Waals surface area contributed by atoms with Gasteiger partial charge in [0.2, 0.25) is 5.13 Å². The van der Waals surface area contributed by atoms with E-state index in [9.17, 15) is 14.9 Å². The van der Waals surface area contributed by atoms with Gasteiger partial charge in [-0.05, 0) is 18.6 Å². The number of piperazine rings is 1. The zero-order chi connectivity index (χ0) is 19.2. The van der Waals surface area contributed by atoms with E-state index in [0.29, 0.717) is 31.3 Å². The monoisotopic (exact) mass is 390 g/mol. The molecule has 1 aromatic heterocycles. The minimum absolute atomic E-state index is 0.0760. The molecule has 0 aliphatic carbocycles. The number of aromatic nitrogens is 2. The fraction of sp³-hybridized carbons (Fsp3) is 0.471. The van der Waals surface area contributed by atoms with Crippen LogP contribution in [0.25, 0.3) is 0 Å². The fourth-order valence-corrected chi connectivity index (χ4v) is 3.63. The highest BCUT2D eigenvalue weighted by molar-refractivity contribution is 7.15. The molecule has 27 heavy (non-hydrogen) atoms. The Morgan fingerprint density at radius 3 is 2.56 bits per heavy atom. The molecule has 1 N–H and O–H groups in total. The topological polar surface area (TPSA) is 104 Å². The van der Waals surface area contributed by atoms with Crippen molar-refractivity contribution in [1.29, 1.82) is 0 Å². The molecule has 1 saturated heterocycles. The molecule has 10 heteroatoms. The number of nitrogens with one attached hydrogen (secondary N) is 1. The average Bonchev–Trinajstić information content (AvgIpc) is 3.13. The molecule has 1 fully saturated rings. The Labute approximate surface area is 161 Å². The van der Waals surface area contributed by atoms with Crippen molar-refractivity contribution >= 4 is 33.9 Å². The van der Waals surface area contributed by atoms with Gasteiger partial charge in [-0.1, -0.05) is 24.7 Å². The lowest BCUT2D eigenvalue weighted by Gasteiger charge is -2.35. The van der Waals surface area contributed by atoms with Crippen molar-refractivity contribution in [2.24, 2.45) is 0 Å². The quantitative estimate of drug-likeness (QED) is 0.600. The zero-order valence-electron chi connectivity index (χ0n) is 15.1. The first-order valence-electron chi connectivity index (χ1n) is 8.94. The maximum atomic E-state index is 12.4. The van der Waals surface area contributed by atoms with E-state index in [0.717, 1.165) is 30.0 Å². The number of urea groups is 1. The molecule has 0 unspecified atom stereocenters. The summed E-state index contributed by atoms with van der Waals surface area (Å²) in [4.78, 5) is 26.6. The molecule has 144 valence electrons. The van der Waals surface area contributed by atoms with Gasteiger partial charge in [0.05, 0.1) is 4.92 Å². The summed E-state index contributed by atoms with van der Waals surface area (Å²) in [5.74, 6) is 0. The summed E-state index contributed by atoms with van der Waals surface area (Å²) in [6, 6.07) is 6.32. The van der Waals surface area contributed by atoms with Gasteiger partial charge in [0.25, 0.3) is 5.69 Å². The third-order valence-corrected chi connectivity index (χ3v) is 5.32. The van der Waals surface area contributed by atoms with Crippen LogP contribution in [0.4, 0.5) is 21.3 Å². The number of nitro groups is 1. The fourth-order valence-electron chi connectivity index (χ4n) is 2.86. The molecular formula is C17H22N6O3S. The Morgan fingerprint density at radius 1 is 1.22 bits per heavy atom. The number of hydrogen-bond acceptors (Lipinski definition) is 7. The molecule has 0 atom stereocenters. The van der Waals surface area contributed by atoms with E-state index in [1.165, 1.54) is 23.5 Å². The van der Waals surface area contributed by atoms with Gasteiger partial charge in [-0.2, -0.15) is 0 Å². The SMILES string of the molecule is CCCCc1nnc(NC(=O)N2CCN(c3ccc([N+](=O)[O-])cc3)CC2)s1. The molecule has 1 aromatic carbocycles. The number of nitrogens with zero attached hydrogens (tertiary/aromatic N) is 5. The Morgan fingerprint density at radius 2 is 1.93 bits per heavy atom. The standard InChI is InChI=1S/C17H22N6O3S/c1-2-3-4-15-19-20-16(27-15)18-17(24)22-11-9-21(10-12-22)13-5-7-14(8-6-13)23(25)26/h5-8H,2-4,9-12H2,1H3,(H,18,20,24). The Hall–Kier alpha value is -2.75. The maximum absolute atomic E-state index is 12.4. The Balaban J connectivity index is 1.50. The first-order chi connectivity index (χ1) is 13.1. The van der Waals surface area contributed by atoms with Crippen molar-refractivity contribution in [3.8, 4) is 0 Å². The lowest BCUT2D eigenvalue weighted by Crippen LogP contribution is -2.50. The van der Waals surface area contributed by atoms with Crippen LogP contribution < -0.4 is 10.2 Å². The van der Waals surface area contributed by atoms with E-state index in [1.54, 1.807) is 17.0 Å². The van der Waals surface area contributed by atoms with Gasteiger partial charge >= 0.3 is 6.03 Å². The molecule has 2 aromatic rings. The van der Waals surface area contributed by atoms with Gasteiger partial charge in [0, 0.05) is 50.4 Å². The molecule has 2 heterocycles. The molecule has 3 rings (SSSR count). The number of nitro benzene ring substituents is 1. The first-order valence-corrected chi connectivity index (χ1v) is 9.76. The number of aryl methyl sites for hydroxylation is 1. The number of non-ortho nitro benzene ring substituents is 1. The number of rotatable bonds is 6. The van der Waals surface area contributed by atoms with Crippen LogP contribution in [0.15, 0.2) is 24.3 Å².